The van der Waals surface area contributed by atoms with Crippen LogP contribution in [0, 0.1) is 5.92 Å². The van der Waals surface area contributed by atoms with Crippen LogP contribution in [-0.4, -0.2) is 81.1 Å². The molecule has 0 spiro atoms. The van der Waals surface area contributed by atoms with E-state index in [1.165, 1.54) is 0 Å². The lowest BCUT2D eigenvalue weighted by molar-refractivity contribution is -0.128. The monoisotopic (exact) mass is 781 g/mol. The Labute approximate surface area is 336 Å². The van der Waals surface area contributed by atoms with Crippen molar-refractivity contribution in [2.75, 3.05) is 49.7 Å². The van der Waals surface area contributed by atoms with Gasteiger partial charge in [0.1, 0.15) is 24.3 Å². The number of anilines is 2. The van der Waals surface area contributed by atoms with Crippen molar-refractivity contribution in [2.45, 2.75) is 102 Å². The molecule has 4 N–H and O–H groups in total. The van der Waals surface area contributed by atoms with Gasteiger partial charge < -0.3 is 40.4 Å². The molecule has 57 heavy (non-hydrogen) atoms. The highest BCUT2D eigenvalue weighted by atomic mass is 16.6. The lowest BCUT2D eigenvalue weighted by Gasteiger charge is -2.29. The summed E-state index contributed by atoms with van der Waals surface area (Å²) in [6.07, 6.45) is 5.97. The molecule has 6 rings (SSSR count). The number of alkyl carbamates (subject to hydrolysis) is 2. The van der Waals surface area contributed by atoms with Crippen LogP contribution in [0.5, 0.6) is 0 Å². The molecule has 0 aromatic heterocycles. The smallest absolute Gasteiger partial charge is 0.407 e. The van der Waals surface area contributed by atoms with Gasteiger partial charge in [-0.05, 0) is 92.8 Å². The number of unbranched alkanes of at least 4 members (excludes halogenated alkanes) is 1. The molecule has 0 unspecified atom stereocenters. The van der Waals surface area contributed by atoms with Gasteiger partial charge >= 0.3 is 12.2 Å². The normalized spacial score (nSPS) is 16.7. The molecule has 0 bridgehead atoms. The van der Waals surface area contributed by atoms with E-state index in [4.69, 9.17) is 14.2 Å². The molecule has 0 radical (unpaired) electrons. The summed E-state index contributed by atoms with van der Waals surface area (Å²) in [4.78, 5) is 56.2. The van der Waals surface area contributed by atoms with Gasteiger partial charge in [0.05, 0.1) is 13.2 Å². The van der Waals surface area contributed by atoms with Crippen molar-refractivity contribution in [3.63, 3.8) is 0 Å². The van der Waals surface area contributed by atoms with Gasteiger partial charge in [0, 0.05) is 36.9 Å². The Morgan fingerprint density at radius 3 is 2.16 bits per heavy atom. The van der Waals surface area contributed by atoms with E-state index < -0.39 is 35.8 Å². The minimum absolute atomic E-state index is 0.117. The molecule has 2 fully saturated rings. The number of nitrogens with one attached hydrogen (secondary N) is 4. The van der Waals surface area contributed by atoms with Crippen LogP contribution in [0.3, 0.4) is 0 Å². The molecule has 2 atom stereocenters. The summed E-state index contributed by atoms with van der Waals surface area (Å²) in [7, 11) is 0. The maximum Gasteiger partial charge on any atom is 0.407 e. The molecule has 1 heterocycles. The standard InChI is InChI=1S/C45H59N5O7/c1-45(2,3)57-43(53)46-23-12-11-22-39(41(51)47-32-16-13-17-33(29-32)50-24-26-55-27-25-50)48-42(52)40(28-31-14-5-4-6-15-31)49-44(54)56-30-38-36-20-9-7-18-34(36)35-19-8-10-21-37(35)38/h7-10,13,16-21,29,31,38-40H,4-6,11-12,14-15,22-28,30H2,1-3H3,(H,46,53)(H,47,51)(H,48,52)(H,49,54)/t39-,40-/m0/s1. The molecule has 1 aliphatic heterocycles. The highest BCUT2D eigenvalue weighted by Crippen LogP contribution is 2.44. The lowest BCUT2D eigenvalue weighted by Crippen LogP contribution is -2.53. The van der Waals surface area contributed by atoms with Crippen LogP contribution in [0.2, 0.25) is 0 Å². The van der Waals surface area contributed by atoms with Gasteiger partial charge in [-0.25, -0.2) is 9.59 Å². The van der Waals surface area contributed by atoms with Crippen LogP contribution in [-0.2, 0) is 23.8 Å². The van der Waals surface area contributed by atoms with Crippen molar-refractivity contribution < 1.29 is 33.4 Å². The van der Waals surface area contributed by atoms with Crippen molar-refractivity contribution in [1.82, 2.24) is 16.0 Å². The number of hydrogen-bond acceptors (Lipinski definition) is 8. The van der Waals surface area contributed by atoms with Gasteiger partial charge in [0.2, 0.25) is 11.8 Å². The predicted octanol–water partition coefficient (Wildman–Crippen LogP) is 7.52. The zero-order valence-corrected chi connectivity index (χ0v) is 33.6. The molecule has 1 saturated carbocycles. The Hall–Kier alpha value is -5.10. The average molecular weight is 782 g/mol. The number of hydrogen-bond donors (Lipinski definition) is 4. The first-order valence-electron chi connectivity index (χ1n) is 20.7. The van der Waals surface area contributed by atoms with Gasteiger partial charge in [-0.2, -0.15) is 0 Å². The van der Waals surface area contributed by atoms with Gasteiger partial charge in [0.25, 0.3) is 0 Å². The second-order valence-electron chi connectivity index (χ2n) is 16.4. The summed E-state index contributed by atoms with van der Waals surface area (Å²) in [5, 5.41) is 11.7. The van der Waals surface area contributed by atoms with Crippen molar-refractivity contribution in [1.29, 1.82) is 0 Å². The van der Waals surface area contributed by atoms with E-state index in [1.54, 1.807) is 20.8 Å². The fourth-order valence-electron chi connectivity index (χ4n) is 8.12. The van der Waals surface area contributed by atoms with Crippen LogP contribution in [0.4, 0.5) is 21.0 Å². The van der Waals surface area contributed by atoms with Crippen LogP contribution < -0.4 is 26.2 Å². The molecule has 12 heteroatoms. The molecule has 12 nitrogen and oxygen atoms in total. The summed E-state index contributed by atoms with van der Waals surface area (Å²) < 4.78 is 16.7. The van der Waals surface area contributed by atoms with Crippen LogP contribution in [0.15, 0.2) is 72.8 Å². The largest absolute Gasteiger partial charge is 0.449 e. The second-order valence-corrected chi connectivity index (χ2v) is 16.4. The first-order chi connectivity index (χ1) is 27.5. The lowest BCUT2D eigenvalue weighted by atomic mass is 9.84. The number of rotatable bonds is 15. The molecule has 1 saturated heterocycles. The molecule has 3 aromatic rings. The van der Waals surface area contributed by atoms with Gasteiger partial charge in [0.15, 0.2) is 0 Å². The Balaban J connectivity index is 1.13. The quantitative estimate of drug-likeness (QED) is 0.116. The Bertz CT molecular complexity index is 1790. The molecule has 4 amide bonds. The predicted molar refractivity (Wildman–Crippen MR) is 221 cm³/mol. The fraction of sp³-hybridized carbons (Fsp3) is 0.511. The van der Waals surface area contributed by atoms with Gasteiger partial charge in [-0.1, -0.05) is 86.7 Å². The first kappa shape index (κ1) is 41.5. The van der Waals surface area contributed by atoms with E-state index in [0.29, 0.717) is 51.1 Å². The molecular weight excluding hydrogens is 723 g/mol. The molecule has 3 aliphatic rings. The molecule has 3 aromatic carbocycles. The van der Waals surface area contributed by atoms with E-state index >= 15 is 0 Å². The molecular formula is C45H59N5O7. The summed E-state index contributed by atoms with van der Waals surface area (Å²) in [5.41, 5.74) is 5.46. The van der Waals surface area contributed by atoms with E-state index in [-0.39, 0.29) is 24.3 Å². The fourth-order valence-corrected chi connectivity index (χ4v) is 8.12. The van der Waals surface area contributed by atoms with Gasteiger partial charge in [-0.3, -0.25) is 9.59 Å². The van der Waals surface area contributed by atoms with Crippen LogP contribution in [0.25, 0.3) is 11.1 Å². The summed E-state index contributed by atoms with van der Waals surface area (Å²) in [5.74, 6) is -0.644. The molecule has 306 valence electrons. The highest BCUT2D eigenvalue weighted by molar-refractivity contribution is 5.98. The summed E-state index contributed by atoms with van der Waals surface area (Å²) in [6, 6.07) is 22.2. The van der Waals surface area contributed by atoms with E-state index in [2.05, 4.69) is 50.4 Å². The Morgan fingerprint density at radius 1 is 0.789 bits per heavy atom. The zero-order chi connectivity index (χ0) is 40.2. The first-order valence-corrected chi connectivity index (χ1v) is 20.7. The number of benzene rings is 3. The van der Waals surface area contributed by atoms with E-state index in [1.807, 2.05) is 48.5 Å². The molecule has 2 aliphatic carbocycles. The summed E-state index contributed by atoms with van der Waals surface area (Å²) >= 11 is 0. The minimum atomic E-state index is -0.899. The number of fused-ring (bicyclic) bond motifs is 3. The number of ether oxygens (including phenoxy) is 3. The third kappa shape index (κ3) is 12.0. The van der Waals surface area contributed by atoms with Crippen molar-refractivity contribution in [3.05, 3.63) is 83.9 Å². The van der Waals surface area contributed by atoms with Crippen LogP contribution in [0.1, 0.15) is 95.6 Å². The SMILES string of the molecule is CC(C)(C)OC(=O)NCCCC[C@H](NC(=O)[C@H](CC1CCCCC1)NC(=O)OCC1c2ccccc2-c2ccccc21)C(=O)Nc1cccc(N2CCOCC2)c1. The van der Waals surface area contributed by atoms with E-state index in [9.17, 15) is 19.2 Å². The number of nitrogens with zero attached hydrogens (tertiary/aromatic N) is 1. The summed E-state index contributed by atoms with van der Waals surface area (Å²) in [6.45, 7) is 8.69. The third-order valence-corrected chi connectivity index (χ3v) is 11.0. The number of amides is 4. The third-order valence-electron chi connectivity index (χ3n) is 11.0. The zero-order valence-electron chi connectivity index (χ0n) is 33.6. The topological polar surface area (TPSA) is 147 Å². The Morgan fingerprint density at radius 2 is 1.47 bits per heavy atom. The maximum absolute atomic E-state index is 14.2. The van der Waals surface area contributed by atoms with Crippen molar-refractivity contribution in [2.24, 2.45) is 5.92 Å². The number of morpholine rings is 1. The van der Waals surface area contributed by atoms with Crippen molar-refractivity contribution >= 4 is 35.4 Å². The average Bonchev–Trinajstić information content (AvgIpc) is 3.52. The van der Waals surface area contributed by atoms with E-state index in [0.717, 1.165) is 73.1 Å². The number of carbonyl (C=O) groups is 4. The highest BCUT2D eigenvalue weighted by Gasteiger charge is 2.32. The maximum atomic E-state index is 14.2. The van der Waals surface area contributed by atoms with Crippen molar-refractivity contribution in [3.8, 4) is 11.1 Å². The Kier molecular flexibility index (Phi) is 14.5. The van der Waals surface area contributed by atoms with Gasteiger partial charge in [-0.15, -0.1) is 0 Å². The number of carbonyl (C=O) groups excluding carboxylic acids is 4. The second kappa shape index (κ2) is 19.9. The van der Waals surface area contributed by atoms with Crippen LogP contribution >= 0.6 is 0 Å². The minimum Gasteiger partial charge on any atom is -0.449 e.